The Morgan fingerprint density at radius 1 is 1.32 bits per heavy atom. The molecule has 2 aliphatic heterocycles. The normalized spacial score (nSPS) is 22.0. The van der Waals surface area contributed by atoms with E-state index in [9.17, 15) is 0 Å². The van der Waals surface area contributed by atoms with Crippen molar-refractivity contribution in [3.05, 3.63) is 29.3 Å². The molecular weight excluding hydrogens is 318 g/mol. The number of piperazine rings is 1. The van der Waals surface area contributed by atoms with Gasteiger partial charge in [0.1, 0.15) is 0 Å². The Bertz CT molecular complexity index is 514. The average molecular weight is 340 g/mol. The molecule has 0 aliphatic carbocycles. The predicted octanol–water partition coefficient (Wildman–Crippen LogP) is 2.52. The minimum Gasteiger partial charge on any atom is -0.376 e. The van der Waals surface area contributed by atoms with Gasteiger partial charge in [-0.25, -0.2) is 0 Å². The maximum atomic E-state index is 6.07. The Labute approximate surface area is 142 Å². The van der Waals surface area contributed by atoms with Crippen molar-refractivity contribution in [3.63, 3.8) is 0 Å². The fraction of sp³-hybridized carbons (Fsp3) is 0.562. The summed E-state index contributed by atoms with van der Waals surface area (Å²) < 4.78 is 5.62. The van der Waals surface area contributed by atoms with Gasteiger partial charge in [0.25, 0.3) is 0 Å². The van der Waals surface area contributed by atoms with E-state index in [-0.39, 0.29) is 0 Å². The molecule has 1 atom stereocenters. The Balaban J connectivity index is 1.45. The van der Waals surface area contributed by atoms with Crippen LogP contribution in [0.25, 0.3) is 0 Å². The monoisotopic (exact) mass is 339 g/mol. The molecule has 2 saturated heterocycles. The summed E-state index contributed by atoms with van der Waals surface area (Å²) in [5.74, 6) is 0. The second kappa shape index (κ2) is 7.49. The molecule has 120 valence electrons. The molecule has 0 bridgehead atoms. The van der Waals surface area contributed by atoms with E-state index in [1.165, 1.54) is 5.69 Å². The van der Waals surface area contributed by atoms with E-state index >= 15 is 0 Å². The van der Waals surface area contributed by atoms with Crippen molar-refractivity contribution in [1.82, 2.24) is 10.2 Å². The van der Waals surface area contributed by atoms with Crippen LogP contribution in [0.3, 0.4) is 0 Å². The lowest BCUT2D eigenvalue weighted by molar-refractivity contribution is 0.113. The van der Waals surface area contributed by atoms with Crippen molar-refractivity contribution in [2.24, 2.45) is 0 Å². The Morgan fingerprint density at radius 3 is 2.82 bits per heavy atom. The number of halogens is 1. The highest BCUT2D eigenvalue weighted by atomic mass is 35.5. The van der Waals surface area contributed by atoms with Gasteiger partial charge in [-0.1, -0.05) is 17.7 Å². The summed E-state index contributed by atoms with van der Waals surface area (Å²) >= 11 is 11.6. The number of benzene rings is 1. The molecule has 0 saturated carbocycles. The second-order valence-corrected chi connectivity index (χ2v) is 6.60. The number of thiocarbonyl (C=S) groups is 1. The van der Waals surface area contributed by atoms with Gasteiger partial charge in [-0.15, -0.1) is 0 Å². The first kappa shape index (κ1) is 15.8. The van der Waals surface area contributed by atoms with Gasteiger partial charge in [0.15, 0.2) is 5.11 Å². The van der Waals surface area contributed by atoms with Crippen LogP contribution in [-0.2, 0) is 4.74 Å². The van der Waals surface area contributed by atoms with E-state index in [1.807, 2.05) is 18.2 Å². The van der Waals surface area contributed by atoms with Crippen molar-refractivity contribution < 1.29 is 4.74 Å². The molecular formula is C16H22ClN3OS. The minimum atomic E-state index is 0.325. The molecule has 0 amide bonds. The zero-order valence-electron chi connectivity index (χ0n) is 12.6. The SMILES string of the molecule is S=C(NC[C@@H]1CCCO1)N1CCN(c2cccc(Cl)c2)CC1. The van der Waals surface area contributed by atoms with Crippen LogP contribution in [0.15, 0.2) is 24.3 Å². The highest BCUT2D eigenvalue weighted by molar-refractivity contribution is 7.80. The van der Waals surface area contributed by atoms with E-state index < -0.39 is 0 Å². The molecule has 4 nitrogen and oxygen atoms in total. The maximum absolute atomic E-state index is 6.07. The lowest BCUT2D eigenvalue weighted by Crippen LogP contribution is -2.52. The fourth-order valence-corrected chi connectivity index (χ4v) is 3.41. The van der Waals surface area contributed by atoms with E-state index in [4.69, 9.17) is 28.6 Å². The second-order valence-electron chi connectivity index (χ2n) is 5.78. The Kier molecular flexibility index (Phi) is 5.39. The molecule has 2 fully saturated rings. The van der Waals surface area contributed by atoms with Crippen LogP contribution < -0.4 is 10.2 Å². The number of hydrogen-bond donors (Lipinski definition) is 1. The largest absolute Gasteiger partial charge is 0.376 e. The number of rotatable bonds is 3. The minimum absolute atomic E-state index is 0.325. The van der Waals surface area contributed by atoms with Crippen molar-refractivity contribution in [3.8, 4) is 0 Å². The van der Waals surface area contributed by atoms with Gasteiger partial charge in [0, 0.05) is 50.0 Å². The zero-order valence-corrected chi connectivity index (χ0v) is 14.2. The first-order valence-corrected chi connectivity index (χ1v) is 8.66. The Hall–Kier alpha value is -1.04. The average Bonchev–Trinajstić information content (AvgIpc) is 3.06. The quantitative estimate of drug-likeness (QED) is 0.854. The molecule has 1 aromatic rings. The van der Waals surface area contributed by atoms with Crippen LogP contribution in [0.5, 0.6) is 0 Å². The van der Waals surface area contributed by atoms with E-state index in [0.717, 1.165) is 62.3 Å². The third kappa shape index (κ3) is 4.03. The van der Waals surface area contributed by atoms with Crippen LogP contribution in [0.4, 0.5) is 5.69 Å². The van der Waals surface area contributed by atoms with Gasteiger partial charge < -0.3 is 19.9 Å². The molecule has 0 unspecified atom stereocenters. The molecule has 2 aliphatic rings. The smallest absolute Gasteiger partial charge is 0.169 e. The number of hydrogen-bond acceptors (Lipinski definition) is 3. The van der Waals surface area contributed by atoms with Crippen molar-refractivity contribution in [2.75, 3.05) is 44.2 Å². The van der Waals surface area contributed by atoms with Gasteiger partial charge in [-0.3, -0.25) is 0 Å². The summed E-state index contributed by atoms with van der Waals surface area (Å²) in [6.07, 6.45) is 2.63. The van der Waals surface area contributed by atoms with E-state index in [2.05, 4.69) is 21.2 Å². The van der Waals surface area contributed by atoms with E-state index in [1.54, 1.807) is 0 Å². The molecule has 22 heavy (non-hydrogen) atoms. The van der Waals surface area contributed by atoms with Crippen molar-refractivity contribution in [2.45, 2.75) is 18.9 Å². The third-order valence-electron chi connectivity index (χ3n) is 4.25. The Morgan fingerprint density at radius 2 is 2.14 bits per heavy atom. The molecule has 0 aromatic heterocycles. The van der Waals surface area contributed by atoms with Gasteiger partial charge in [0.2, 0.25) is 0 Å². The van der Waals surface area contributed by atoms with Crippen LogP contribution in [0.2, 0.25) is 5.02 Å². The lowest BCUT2D eigenvalue weighted by Gasteiger charge is -2.37. The van der Waals surface area contributed by atoms with Gasteiger partial charge >= 0.3 is 0 Å². The van der Waals surface area contributed by atoms with Gasteiger partial charge in [0.05, 0.1) is 6.10 Å². The molecule has 3 rings (SSSR count). The number of nitrogens with zero attached hydrogens (tertiary/aromatic N) is 2. The summed E-state index contributed by atoms with van der Waals surface area (Å²) in [7, 11) is 0. The maximum Gasteiger partial charge on any atom is 0.169 e. The van der Waals surface area contributed by atoms with Crippen molar-refractivity contribution in [1.29, 1.82) is 0 Å². The summed E-state index contributed by atoms with van der Waals surface area (Å²) in [5.41, 5.74) is 1.19. The molecule has 2 heterocycles. The highest BCUT2D eigenvalue weighted by Crippen LogP contribution is 2.20. The highest BCUT2D eigenvalue weighted by Gasteiger charge is 2.21. The fourth-order valence-electron chi connectivity index (χ4n) is 2.96. The van der Waals surface area contributed by atoms with Crippen LogP contribution in [0.1, 0.15) is 12.8 Å². The standard InChI is InChI=1S/C16H22ClN3OS/c17-13-3-1-4-14(11-13)19-6-8-20(9-7-19)16(22)18-12-15-5-2-10-21-15/h1,3-4,11,15H,2,5-10,12H2,(H,18,22)/t15-/m0/s1. The molecule has 6 heteroatoms. The molecule has 0 radical (unpaired) electrons. The topological polar surface area (TPSA) is 27.7 Å². The molecule has 1 aromatic carbocycles. The van der Waals surface area contributed by atoms with Crippen LogP contribution in [-0.4, -0.2) is 55.4 Å². The zero-order chi connectivity index (χ0) is 15.4. The summed E-state index contributed by atoms with van der Waals surface area (Å²) in [5, 5.41) is 4.98. The third-order valence-corrected chi connectivity index (χ3v) is 4.88. The number of nitrogens with one attached hydrogen (secondary N) is 1. The molecule has 1 N–H and O–H groups in total. The summed E-state index contributed by atoms with van der Waals surface area (Å²) in [6, 6.07) is 8.03. The van der Waals surface area contributed by atoms with Crippen LogP contribution in [0, 0.1) is 0 Å². The van der Waals surface area contributed by atoms with Gasteiger partial charge in [-0.05, 0) is 43.3 Å². The first-order chi connectivity index (χ1) is 10.7. The van der Waals surface area contributed by atoms with Crippen LogP contribution >= 0.6 is 23.8 Å². The number of anilines is 1. The first-order valence-electron chi connectivity index (χ1n) is 7.87. The predicted molar refractivity (Wildman–Crippen MR) is 94.8 cm³/mol. The lowest BCUT2D eigenvalue weighted by atomic mass is 10.2. The van der Waals surface area contributed by atoms with E-state index in [0.29, 0.717) is 6.10 Å². The van der Waals surface area contributed by atoms with Gasteiger partial charge in [-0.2, -0.15) is 0 Å². The summed E-state index contributed by atoms with van der Waals surface area (Å²) in [4.78, 5) is 4.59. The molecule has 0 spiro atoms. The summed E-state index contributed by atoms with van der Waals surface area (Å²) in [6.45, 7) is 5.50. The van der Waals surface area contributed by atoms with Crippen molar-refractivity contribution >= 4 is 34.6 Å². The number of ether oxygens (including phenoxy) is 1.